The molecular weight excluding hydrogens is 319 g/mol. The van der Waals surface area contributed by atoms with Gasteiger partial charge >= 0.3 is 18.9 Å². The molecule has 0 heterocycles. The van der Waals surface area contributed by atoms with Crippen LogP contribution in [-0.4, -0.2) is 52.0 Å². The number of rotatable bonds is 5. The Kier molecular flexibility index (Phi) is 7.58. The van der Waals surface area contributed by atoms with Gasteiger partial charge in [-0.2, -0.15) is 11.6 Å². The number of amides is 1. The summed E-state index contributed by atoms with van der Waals surface area (Å²) >= 11 is 0. The van der Waals surface area contributed by atoms with Crippen molar-refractivity contribution in [2.24, 2.45) is 0 Å². The molecule has 25 heavy (non-hydrogen) atoms. The molecule has 0 atom stereocenters. The fourth-order valence-electron chi connectivity index (χ4n) is 3.25. The average Bonchev–Trinajstić information content (AvgIpc) is 2.55. The molecule has 0 saturated carbocycles. The van der Waals surface area contributed by atoms with Gasteiger partial charge in [-0.05, 0) is 14.1 Å². The Labute approximate surface area is 165 Å². The number of nitrogens with zero attached hydrogens (tertiary/aromatic N) is 2. The topological polar surface area (TPSA) is 23.6 Å². The summed E-state index contributed by atoms with van der Waals surface area (Å²) in [7, 11) is 5.79. The molecule has 0 aliphatic heterocycles. The van der Waals surface area contributed by atoms with E-state index in [9.17, 15) is 4.79 Å². The van der Waals surface area contributed by atoms with Crippen molar-refractivity contribution in [3.63, 3.8) is 0 Å². The number of carbonyl (C=O) groups excluding carboxylic acids is 1. The average molecular weight is 346 g/mol. The normalized spacial score (nSPS) is 11.0. The van der Waals surface area contributed by atoms with Gasteiger partial charge in [0, 0.05) is 14.1 Å². The maximum atomic E-state index is 12.7. The maximum Gasteiger partial charge on any atom is 1.00 e. The molecule has 0 N–H and O–H groups in total. The zero-order valence-corrected chi connectivity index (χ0v) is 17.5. The van der Waals surface area contributed by atoms with E-state index in [4.69, 9.17) is 0 Å². The van der Waals surface area contributed by atoms with Gasteiger partial charge in [-0.3, -0.25) is 4.79 Å². The predicted molar refractivity (Wildman–Crippen MR) is 104 cm³/mol. The molecule has 5 heteroatoms. The van der Waals surface area contributed by atoms with Crippen LogP contribution in [0.1, 0.15) is 15.9 Å². The summed E-state index contributed by atoms with van der Waals surface area (Å²) in [6, 6.07) is 18.6. The van der Waals surface area contributed by atoms with E-state index in [-0.39, 0.29) is 24.8 Å². The van der Waals surface area contributed by atoms with Crippen LogP contribution in [0.25, 0.3) is 0 Å². The SMILES string of the molecule is CN(C)C(=O)c1ccccc1[C-](N(C)C)[Si](C)(C)c1ccccc1.[Li+]. The fraction of sp³-hybridized carbons (Fsp3) is 0.300. The Bertz CT molecular complexity index is 702. The Morgan fingerprint density at radius 3 is 1.92 bits per heavy atom. The van der Waals surface area contributed by atoms with Crippen LogP contribution in [0.2, 0.25) is 13.1 Å². The molecule has 0 spiro atoms. The minimum atomic E-state index is -1.95. The largest absolute Gasteiger partial charge is 1.00 e. The molecule has 0 radical (unpaired) electrons. The first-order valence-corrected chi connectivity index (χ1v) is 11.2. The van der Waals surface area contributed by atoms with Crippen LogP contribution in [0.5, 0.6) is 0 Å². The molecule has 1 amide bonds. The smallest absolute Gasteiger partial charge is 0.355 e. The quantitative estimate of drug-likeness (QED) is 0.562. The van der Waals surface area contributed by atoms with Crippen LogP contribution in [0.15, 0.2) is 54.6 Å². The van der Waals surface area contributed by atoms with Gasteiger partial charge in [-0.1, -0.05) is 60.2 Å². The van der Waals surface area contributed by atoms with Gasteiger partial charge in [0.05, 0.1) is 8.07 Å². The van der Waals surface area contributed by atoms with Crippen molar-refractivity contribution in [1.29, 1.82) is 0 Å². The van der Waals surface area contributed by atoms with Crippen molar-refractivity contribution >= 4 is 19.2 Å². The second kappa shape index (κ2) is 8.78. The molecular formula is C20H27LiN2OSi. The third-order valence-corrected chi connectivity index (χ3v) is 8.03. The Morgan fingerprint density at radius 2 is 1.40 bits per heavy atom. The Hall–Kier alpha value is -1.45. The summed E-state index contributed by atoms with van der Waals surface area (Å²) < 4.78 is 0. The number of carbonyl (C=O) groups is 1. The van der Waals surface area contributed by atoms with Gasteiger partial charge in [0.25, 0.3) is 0 Å². The molecule has 128 valence electrons. The molecule has 0 aliphatic rings. The monoisotopic (exact) mass is 346 g/mol. The van der Waals surface area contributed by atoms with Crippen LogP contribution in [-0.2, 0) is 0 Å². The molecule has 2 rings (SSSR count). The Balaban J connectivity index is 0.00000312. The van der Waals surface area contributed by atoms with Crippen LogP contribution in [0.4, 0.5) is 0 Å². The van der Waals surface area contributed by atoms with Crippen molar-refractivity contribution in [2.45, 2.75) is 13.1 Å². The van der Waals surface area contributed by atoms with Gasteiger partial charge in [-0.15, -0.1) is 17.8 Å². The molecule has 2 aromatic rings. The van der Waals surface area contributed by atoms with E-state index in [1.165, 1.54) is 10.9 Å². The second-order valence-corrected chi connectivity index (χ2v) is 11.3. The first kappa shape index (κ1) is 21.6. The van der Waals surface area contributed by atoms with Gasteiger partial charge in [0.15, 0.2) is 5.91 Å². The minimum absolute atomic E-state index is 0. The standard InChI is InChI=1S/C20H27N2OSi.Li/c1-21(2)19(23)17-14-10-11-15-18(17)20(22(3)4)24(5,6)16-12-8-7-9-13-16;/h7-15H,1-6H3;/q-1;+1. The van der Waals surface area contributed by atoms with E-state index >= 15 is 0 Å². The van der Waals surface area contributed by atoms with Crippen LogP contribution < -0.4 is 24.0 Å². The van der Waals surface area contributed by atoms with Gasteiger partial charge in [-0.25, -0.2) is 0 Å². The van der Waals surface area contributed by atoms with Crippen molar-refractivity contribution in [1.82, 2.24) is 9.80 Å². The molecule has 2 aromatic carbocycles. The molecule has 0 aliphatic carbocycles. The molecule has 0 fully saturated rings. The first-order chi connectivity index (χ1) is 11.3. The van der Waals surface area contributed by atoms with Gasteiger partial charge < -0.3 is 9.80 Å². The number of benzene rings is 2. The van der Waals surface area contributed by atoms with Crippen molar-refractivity contribution in [2.75, 3.05) is 28.2 Å². The summed E-state index contributed by atoms with van der Waals surface area (Å²) in [4.78, 5) is 16.5. The van der Waals surface area contributed by atoms with Gasteiger partial charge in [0.2, 0.25) is 0 Å². The summed E-state index contributed by atoms with van der Waals surface area (Å²) in [5, 5.41) is 1.36. The maximum absolute atomic E-state index is 12.7. The zero-order valence-electron chi connectivity index (χ0n) is 16.5. The van der Waals surface area contributed by atoms with Crippen LogP contribution >= 0.6 is 0 Å². The molecule has 0 aromatic heterocycles. The number of hydrogen-bond acceptors (Lipinski definition) is 2. The second-order valence-electron chi connectivity index (χ2n) is 6.98. The zero-order chi connectivity index (χ0) is 17.9. The number of hydrogen-bond donors (Lipinski definition) is 0. The van der Waals surface area contributed by atoms with Gasteiger partial charge in [0.1, 0.15) is 0 Å². The van der Waals surface area contributed by atoms with E-state index in [2.05, 4.69) is 62.4 Å². The summed E-state index contributed by atoms with van der Waals surface area (Å²) in [6.45, 7) is 4.68. The van der Waals surface area contributed by atoms with Crippen molar-refractivity contribution in [3.05, 3.63) is 71.4 Å². The van der Waals surface area contributed by atoms with E-state index in [1.54, 1.807) is 19.0 Å². The van der Waals surface area contributed by atoms with E-state index < -0.39 is 8.07 Å². The van der Waals surface area contributed by atoms with E-state index in [1.807, 2.05) is 24.3 Å². The van der Waals surface area contributed by atoms with E-state index in [0.29, 0.717) is 0 Å². The third kappa shape index (κ3) is 4.59. The van der Waals surface area contributed by atoms with Crippen molar-refractivity contribution in [3.8, 4) is 0 Å². The summed E-state index contributed by atoms with van der Waals surface area (Å²) in [5.41, 5.74) is 3.07. The fourth-order valence-corrected chi connectivity index (χ4v) is 6.55. The molecule has 0 bridgehead atoms. The minimum Gasteiger partial charge on any atom is -0.355 e. The van der Waals surface area contributed by atoms with Crippen molar-refractivity contribution < 1.29 is 23.7 Å². The van der Waals surface area contributed by atoms with Crippen LogP contribution in [0, 0.1) is 5.67 Å². The molecule has 0 unspecified atom stereocenters. The van der Waals surface area contributed by atoms with Crippen LogP contribution in [0.3, 0.4) is 0 Å². The summed E-state index contributed by atoms with van der Waals surface area (Å²) in [6.07, 6.45) is 0. The molecule has 0 saturated heterocycles. The predicted octanol–water partition coefficient (Wildman–Crippen LogP) is -0.0111. The Morgan fingerprint density at radius 1 is 0.880 bits per heavy atom. The van der Waals surface area contributed by atoms with E-state index in [0.717, 1.165) is 11.1 Å². The summed E-state index contributed by atoms with van der Waals surface area (Å²) in [5.74, 6) is 0.0443. The molecule has 3 nitrogen and oxygen atoms in total. The third-order valence-electron chi connectivity index (χ3n) is 4.35. The first-order valence-electron chi connectivity index (χ1n) is 8.18.